The SMILES string of the molecule is O=C(O)CC1(c2ccccc2)CCCCC1. The van der Waals surface area contributed by atoms with E-state index < -0.39 is 5.97 Å². The van der Waals surface area contributed by atoms with Crippen LogP contribution in [0.1, 0.15) is 44.1 Å². The van der Waals surface area contributed by atoms with E-state index in [0.29, 0.717) is 0 Å². The number of hydrogen-bond acceptors (Lipinski definition) is 1. The molecule has 0 bridgehead atoms. The first-order chi connectivity index (χ1) is 7.73. The highest BCUT2D eigenvalue weighted by Crippen LogP contribution is 2.42. The van der Waals surface area contributed by atoms with Crippen LogP contribution in [0.2, 0.25) is 0 Å². The summed E-state index contributed by atoms with van der Waals surface area (Å²) in [6, 6.07) is 10.2. The minimum Gasteiger partial charge on any atom is -0.481 e. The number of benzene rings is 1. The fourth-order valence-electron chi connectivity index (χ4n) is 2.88. The molecule has 2 nitrogen and oxygen atoms in total. The zero-order valence-corrected chi connectivity index (χ0v) is 9.48. The van der Waals surface area contributed by atoms with Crippen LogP contribution in [0, 0.1) is 0 Å². The maximum atomic E-state index is 11.0. The van der Waals surface area contributed by atoms with Gasteiger partial charge in [0, 0.05) is 5.41 Å². The van der Waals surface area contributed by atoms with E-state index >= 15 is 0 Å². The van der Waals surface area contributed by atoms with E-state index in [9.17, 15) is 4.79 Å². The minimum atomic E-state index is -0.675. The smallest absolute Gasteiger partial charge is 0.304 e. The molecule has 0 aliphatic heterocycles. The number of carboxylic acid groups (broad SMARTS) is 1. The van der Waals surface area contributed by atoms with Crippen molar-refractivity contribution in [2.45, 2.75) is 43.9 Å². The Labute approximate surface area is 96.3 Å². The molecule has 0 radical (unpaired) electrons. The van der Waals surface area contributed by atoms with Gasteiger partial charge in [0.05, 0.1) is 6.42 Å². The van der Waals surface area contributed by atoms with Crippen molar-refractivity contribution in [1.82, 2.24) is 0 Å². The first kappa shape index (κ1) is 11.2. The lowest BCUT2D eigenvalue weighted by molar-refractivity contribution is -0.138. The van der Waals surface area contributed by atoms with Crippen LogP contribution >= 0.6 is 0 Å². The monoisotopic (exact) mass is 218 g/mol. The van der Waals surface area contributed by atoms with E-state index in [1.165, 1.54) is 12.0 Å². The van der Waals surface area contributed by atoms with Crippen molar-refractivity contribution in [2.75, 3.05) is 0 Å². The molecule has 1 aromatic carbocycles. The van der Waals surface area contributed by atoms with Gasteiger partial charge in [-0.1, -0.05) is 49.6 Å². The predicted octanol–water partition coefficient (Wildman–Crippen LogP) is 3.36. The van der Waals surface area contributed by atoms with Gasteiger partial charge in [0.2, 0.25) is 0 Å². The zero-order valence-electron chi connectivity index (χ0n) is 9.48. The average molecular weight is 218 g/mol. The molecule has 1 saturated carbocycles. The molecule has 0 saturated heterocycles. The highest BCUT2D eigenvalue weighted by atomic mass is 16.4. The zero-order chi connectivity index (χ0) is 11.4. The van der Waals surface area contributed by atoms with Crippen LogP contribution in [0.4, 0.5) is 0 Å². The van der Waals surface area contributed by atoms with Crippen molar-refractivity contribution in [1.29, 1.82) is 0 Å². The van der Waals surface area contributed by atoms with Crippen LogP contribution in [-0.4, -0.2) is 11.1 Å². The van der Waals surface area contributed by atoms with E-state index in [-0.39, 0.29) is 11.8 Å². The lowest BCUT2D eigenvalue weighted by atomic mass is 9.67. The Morgan fingerprint density at radius 1 is 1.12 bits per heavy atom. The third-order valence-corrected chi connectivity index (χ3v) is 3.69. The van der Waals surface area contributed by atoms with Gasteiger partial charge < -0.3 is 5.11 Å². The summed E-state index contributed by atoms with van der Waals surface area (Å²) in [7, 11) is 0. The summed E-state index contributed by atoms with van der Waals surface area (Å²) in [4.78, 5) is 11.0. The molecule has 0 unspecified atom stereocenters. The van der Waals surface area contributed by atoms with Gasteiger partial charge in [-0.05, 0) is 18.4 Å². The third-order valence-electron chi connectivity index (χ3n) is 3.69. The second-order valence-electron chi connectivity index (χ2n) is 4.78. The van der Waals surface area contributed by atoms with Gasteiger partial charge in [-0.15, -0.1) is 0 Å². The fraction of sp³-hybridized carbons (Fsp3) is 0.500. The lowest BCUT2D eigenvalue weighted by Gasteiger charge is -2.36. The molecule has 0 atom stereocenters. The van der Waals surface area contributed by atoms with E-state index in [2.05, 4.69) is 12.1 Å². The Morgan fingerprint density at radius 3 is 2.31 bits per heavy atom. The molecule has 16 heavy (non-hydrogen) atoms. The van der Waals surface area contributed by atoms with Gasteiger partial charge in [-0.3, -0.25) is 4.79 Å². The maximum Gasteiger partial charge on any atom is 0.304 e. The first-order valence-corrected chi connectivity index (χ1v) is 6.00. The van der Waals surface area contributed by atoms with Gasteiger partial charge in [-0.25, -0.2) is 0 Å². The second kappa shape index (κ2) is 4.69. The maximum absolute atomic E-state index is 11.0. The van der Waals surface area contributed by atoms with Crippen molar-refractivity contribution in [3.63, 3.8) is 0 Å². The molecule has 86 valence electrons. The summed E-state index contributed by atoms with van der Waals surface area (Å²) in [6.45, 7) is 0. The Hall–Kier alpha value is -1.31. The fourth-order valence-corrected chi connectivity index (χ4v) is 2.88. The number of rotatable bonds is 3. The normalized spacial score (nSPS) is 19.2. The van der Waals surface area contributed by atoms with Crippen molar-refractivity contribution >= 4 is 5.97 Å². The number of hydrogen-bond donors (Lipinski definition) is 1. The molecular formula is C14H18O2. The standard InChI is InChI=1S/C14H18O2/c15-13(16)11-14(9-5-2-6-10-14)12-7-3-1-4-8-12/h1,3-4,7-8H,2,5-6,9-11H2,(H,15,16). The Morgan fingerprint density at radius 2 is 1.75 bits per heavy atom. The van der Waals surface area contributed by atoms with E-state index in [0.717, 1.165) is 25.7 Å². The van der Waals surface area contributed by atoms with Crippen molar-refractivity contribution in [3.05, 3.63) is 35.9 Å². The van der Waals surface area contributed by atoms with Crippen LogP contribution in [0.5, 0.6) is 0 Å². The largest absolute Gasteiger partial charge is 0.481 e. The number of carboxylic acids is 1. The number of carbonyl (C=O) groups is 1. The van der Waals surface area contributed by atoms with E-state index in [4.69, 9.17) is 5.11 Å². The summed E-state index contributed by atoms with van der Waals surface area (Å²) in [5, 5.41) is 9.09. The third kappa shape index (κ3) is 2.26. The van der Waals surface area contributed by atoms with E-state index in [1.807, 2.05) is 18.2 Å². The highest BCUT2D eigenvalue weighted by Gasteiger charge is 2.35. The summed E-state index contributed by atoms with van der Waals surface area (Å²) in [5.74, 6) is -0.675. The summed E-state index contributed by atoms with van der Waals surface area (Å²) < 4.78 is 0. The molecule has 1 N–H and O–H groups in total. The molecule has 0 aromatic heterocycles. The second-order valence-corrected chi connectivity index (χ2v) is 4.78. The molecule has 1 aliphatic rings. The van der Waals surface area contributed by atoms with Crippen molar-refractivity contribution < 1.29 is 9.90 Å². The molecular weight excluding hydrogens is 200 g/mol. The molecule has 1 aliphatic carbocycles. The van der Waals surface area contributed by atoms with Crippen LogP contribution in [0.25, 0.3) is 0 Å². The first-order valence-electron chi connectivity index (χ1n) is 6.00. The van der Waals surface area contributed by atoms with Gasteiger partial charge in [-0.2, -0.15) is 0 Å². The van der Waals surface area contributed by atoms with Crippen molar-refractivity contribution in [2.24, 2.45) is 0 Å². The molecule has 2 rings (SSSR count). The minimum absolute atomic E-state index is 0.106. The van der Waals surface area contributed by atoms with Gasteiger partial charge in [0.15, 0.2) is 0 Å². The van der Waals surface area contributed by atoms with Gasteiger partial charge in [0.1, 0.15) is 0 Å². The molecule has 2 heteroatoms. The summed E-state index contributed by atoms with van der Waals surface area (Å²) in [5.41, 5.74) is 1.10. The molecule has 1 fully saturated rings. The van der Waals surface area contributed by atoms with Crippen LogP contribution < -0.4 is 0 Å². The van der Waals surface area contributed by atoms with E-state index in [1.54, 1.807) is 0 Å². The van der Waals surface area contributed by atoms with Crippen LogP contribution in [0.3, 0.4) is 0 Å². The Balaban J connectivity index is 2.29. The summed E-state index contributed by atoms with van der Waals surface area (Å²) >= 11 is 0. The quantitative estimate of drug-likeness (QED) is 0.844. The summed E-state index contributed by atoms with van der Waals surface area (Å²) in [6.07, 6.45) is 5.86. The van der Waals surface area contributed by atoms with Crippen LogP contribution in [0.15, 0.2) is 30.3 Å². The molecule has 0 heterocycles. The molecule has 0 amide bonds. The van der Waals surface area contributed by atoms with Crippen molar-refractivity contribution in [3.8, 4) is 0 Å². The van der Waals surface area contributed by atoms with Crippen LogP contribution in [-0.2, 0) is 10.2 Å². The highest BCUT2D eigenvalue weighted by molar-refractivity contribution is 5.69. The molecule has 0 spiro atoms. The van der Waals surface area contributed by atoms with Gasteiger partial charge >= 0.3 is 5.97 Å². The number of aliphatic carboxylic acids is 1. The average Bonchev–Trinajstić information content (AvgIpc) is 2.30. The Kier molecular flexibility index (Phi) is 3.28. The lowest BCUT2D eigenvalue weighted by Crippen LogP contribution is -2.31. The topological polar surface area (TPSA) is 37.3 Å². The van der Waals surface area contributed by atoms with Gasteiger partial charge in [0.25, 0.3) is 0 Å². The predicted molar refractivity (Wildman–Crippen MR) is 63.5 cm³/mol. The molecule has 1 aromatic rings. The Bertz CT molecular complexity index is 350.